The second-order valence-electron chi connectivity index (χ2n) is 5.74. The summed E-state index contributed by atoms with van der Waals surface area (Å²) in [5, 5.41) is 19.7. The molecule has 0 radical (unpaired) electrons. The number of aromatic carboxylic acids is 1. The van der Waals surface area contributed by atoms with Crippen molar-refractivity contribution in [3.63, 3.8) is 0 Å². The number of nitrogens with zero attached hydrogens (tertiary/aromatic N) is 1. The lowest BCUT2D eigenvalue weighted by atomic mass is 10.1. The van der Waals surface area contributed by atoms with Crippen molar-refractivity contribution in [3.8, 4) is 11.5 Å². The molecule has 0 unspecified atom stereocenters. The van der Waals surface area contributed by atoms with Crippen molar-refractivity contribution >= 4 is 17.5 Å². The summed E-state index contributed by atoms with van der Waals surface area (Å²) < 4.78 is 20.6. The first-order valence-electron chi connectivity index (χ1n) is 7.93. The van der Waals surface area contributed by atoms with Gasteiger partial charge in [-0.3, -0.25) is 5.10 Å². The molecular formula is C17H23N3O6. The largest absolute Gasteiger partial charge is 0.477 e. The van der Waals surface area contributed by atoms with Crippen LogP contribution in [0.5, 0.6) is 11.5 Å². The highest BCUT2D eigenvalue weighted by atomic mass is 16.7. The molecule has 0 saturated heterocycles. The number of H-pyrrole nitrogens is 1. The Labute approximate surface area is 151 Å². The standard InChI is InChI=1S/C17H23N3O6/c1-10(2)12-7-15(20-19-12)18-13-5-11(25-8-23-3)6-14(26-9-24-4)16(13)17(21)22/h5-7,10H,8-9H2,1-4H3,(H,21,22)(H2,18,19,20). The Balaban J connectivity index is 2.42. The Morgan fingerprint density at radius 3 is 2.46 bits per heavy atom. The number of carboxylic acids is 1. The number of hydrogen-bond acceptors (Lipinski definition) is 7. The van der Waals surface area contributed by atoms with Crippen molar-refractivity contribution in [2.24, 2.45) is 0 Å². The van der Waals surface area contributed by atoms with Gasteiger partial charge >= 0.3 is 5.97 Å². The van der Waals surface area contributed by atoms with E-state index in [0.717, 1.165) is 5.69 Å². The summed E-state index contributed by atoms with van der Waals surface area (Å²) in [5.74, 6) is 0.0726. The molecule has 3 N–H and O–H groups in total. The number of carbonyl (C=O) groups is 1. The van der Waals surface area contributed by atoms with E-state index in [1.807, 2.05) is 19.9 Å². The molecule has 26 heavy (non-hydrogen) atoms. The Morgan fingerprint density at radius 2 is 1.88 bits per heavy atom. The number of nitrogens with one attached hydrogen (secondary N) is 2. The van der Waals surface area contributed by atoms with Gasteiger partial charge < -0.3 is 29.4 Å². The normalized spacial score (nSPS) is 10.8. The van der Waals surface area contributed by atoms with E-state index in [1.54, 1.807) is 6.07 Å². The summed E-state index contributed by atoms with van der Waals surface area (Å²) in [6, 6.07) is 4.83. The quantitative estimate of drug-likeness (QED) is 0.551. The van der Waals surface area contributed by atoms with E-state index < -0.39 is 5.97 Å². The molecule has 9 nitrogen and oxygen atoms in total. The van der Waals surface area contributed by atoms with Crippen LogP contribution in [0.3, 0.4) is 0 Å². The van der Waals surface area contributed by atoms with Gasteiger partial charge in [0.2, 0.25) is 0 Å². The average Bonchev–Trinajstić information content (AvgIpc) is 3.06. The molecule has 0 bridgehead atoms. The highest BCUT2D eigenvalue weighted by Gasteiger charge is 2.20. The third kappa shape index (κ3) is 4.87. The predicted octanol–water partition coefficient (Wildman–Crippen LogP) is 2.94. The zero-order chi connectivity index (χ0) is 19.1. The van der Waals surface area contributed by atoms with Crippen molar-refractivity contribution in [1.29, 1.82) is 0 Å². The third-order valence-corrected chi connectivity index (χ3v) is 3.45. The fourth-order valence-electron chi connectivity index (χ4n) is 2.19. The van der Waals surface area contributed by atoms with Gasteiger partial charge in [-0.1, -0.05) is 13.8 Å². The Hall–Kier alpha value is -2.78. The van der Waals surface area contributed by atoms with E-state index in [4.69, 9.17) is 18.9 Å². The van der Waals surface area contributed by atoms with Gasteiger partial charge in [0.15, 0.2) is 19.4 Å². The molecule has 0 fully saturated rings. The molecule has 0 aliphatic heterocycles. The second kappa shape index (κ2) is 9.07. The minimum Gasteiger partial charge on any atom is -0.477 e. The summed E-state index contributed by atoms with van der Waals surface area (Å²) in [5.41, 5.74) is 1.15. The zero-order valence-electron chi connectivity index (χ0n) is 15.2. The molecular weight excluding hydrogens is 342 g/mol. The van der Waals surface area contributed by atoms with E-state index in [0.29, 0.717) is 11.6 Å². The van der Waals surface area contributed by atoms with Crippen LogP contribution in [0.15, 0.2) is 18.2 Å². The maximum atomic E-state index is 11.8. The van der Waals surface area contributed by atoms with Gasteiger partial charge in [0.25, 0.3) is 0 Å². The predicted molar refractivity (Wildman–Crippen MR) is 94.4 cm³/mol. The van der Waals surface area contributed by atoms with E-state index in [-0.39, 0.29) is 36.5 Å². The maximum Gasteiger partial charge on any atom is 0.341 e. The summed E-state index contributed by atoms with van der Waals surface area (Å²) in [4.78, 5) is 11.8. The molecule has 0 spiro atoms. The molecule has 2 aromatic rings. The van der Waals surface area contributed by atoms with Gasteiger partial charge in [-0.15, -0.1) is 0 Å². The highest BCUT2D eigenvalue weighted by Crippen LogP contribution is 2.34. The number of methoxy groups -OCH3 is 2. The molecule has 0 aliphatic rings. The lowest BCUT2D eigenvalue weighted by Crippen LogP contribution is -2.10. The minimum atomic E-state index is -1.16. The Kier molecular flexibility index (Phi) is 6.81. The SMILES string of the molecule is COCOc1cc(Nc2cc(C(C)C)[nH]n2)c(C(=O)O)c(OCOC)c1. The molecule has 0 amide bonds. The second-order valence-corrected chi connectivity index (χ2v) is 5.74. The Morgan fingerprint density at radius 1 is 1.19 bits per heavy atom. The van der Waals surface area contributed by atoms with Gasteiger partial charge in [-0.25, -0.2) is 4.79 Å². The molecule has 1 heterocycles. The molecule has 142 valence electrons. The molecule has 0 atom stereocenters. The van der Waals surface area contributed by atoms with Gasteiger partial charge in [0, 0.05) is 38.1 Å². The zero-order valence-corrected chi connectivity index (χ0v) is 15.2. The van der Waals surface area contributed by atoms with Crippen LogP contribution in [0.2, 0.25) is 0 Å². The minimum absolute atomic E-state index is 0.00940. The third-order valence-electron chi connectivity index (χ3n) is 3.45. The molecule has 1 aromatic heterocycles. The fraction of sp³-hybridized carbons (Fsp3) is 0.412. The van der Waals surface area contributed by atoms with Crippen molar-refractivity contribution in [1.82, 2.24) is 10.2 Å². The van der Waals surface area contributed by atoms with Gasteiger partial charge in [0.1, 0.15) is 17.1 Å². The molecule has 9 heteroatoms. The molecule has 0 saturated carbocycles. The summed E-state index contributed by atoms with van der Waals surface area (Å²) in [7, 11) is 2.94. The van der Waals surface area contributed by atoms with Gasteiger partial charge in [-0.05, 0) is 5.92 Å². The number of hydrogen-bond donors (Lipinski definition) is 3. The van der Waals surface area contributed by atoms with E-state index in [2.05, 4.69) is 15.5 Å². The maximum absolute atomic E-state index is 11.8. The van der Waals surface area contributed by atoms with Crippen LogP contribution in [0.25, 0.3) is 0 Å². The number of benzene rings is 1. The average molecular weight is 365 g/mol. The number of ether oxygens (including phenoxy) is 4. The van der Waals surface area contributed by atoms with Crippen molar-refractivity contribution in [2.45, 2.75) is 19.8 Å². The lowest BCUT2D eigenvalue weighted by Gasteiger charge is -2.15. The monoisotopic (exact) mass is 365 g/mol. The Bertz CT molecular complexity index is 744. The highest BCUT2D eigenvalue weighted by molar-refractivity contribution is 5.98. The molecule has 1 aromatic carbocycles. The first-order chi connectivity index (χ1) is 12.5. The van der Waals surface area contributed by atoms with Crippen molar-refractivity contribution in [2.75, 3.05) is 33.1 Å². The molecule has 2 rings (SSSR count). The van der Waals surface area contributed by atoms with Crippen LogP contribution in [-0.4, -0.2) is 49.1 Å². The van der Waals surface area contributed by atoms with Crippen LogP contribution < -0.4 is 14.8 Å². The van der Waals surface area contributed by atoms with E-state index >= 15 is 0 Å². The summed E-state index contributed by atoms with van der Waals surface area (Å²) in [6.07, 6.45) is 0. The van der Waals surface area contributed by atoms with E-state index in [1.165, 1.54) is 20.3 Å². The van der Waals surface area contributed by atoms with Crippen molar-refractivity contribution in [3.05, 3.63) is 29.5 Å². The van der Waals surface area contributed by atoms with Crippen molar-refractivity contribution < 1.29 is 28.8 Å². The molecule has 0 aliphatic carbocycles. The summed E-state index contributed by atoms with van der Waals surface area (Å²) >= 11 is 0. The van der Waals surface area contributed by atoms with Gasteiger partial charge in [-0.2, -0.15) is 5.10 Å². The first kappa shape index (κ1) is 19.5. The fourth-order valence-corrected chi connectivity index (χ4v) is 2.19. The number of rotatable bonds is 10. The van der Waals surface area contributed by atoms with Crippen LogP contribution >= 0.6 is 0 Å². The summed E-state index contributed by atoms with van der Waals surface area (Å²) in [6.45, 7) is 3.95. The van der Waals surface area contributed by atoms with Crippen LogP contribution in [0.1, 0.15) is 35.8 Å². The topological polar surface area (TPSA) is 115 Å². The van der Waals surface area contributed by atoms with Crippen LogP contribution in [0.4, 0.5) is 11.5 Å². The van der Waals surface area contributed by atoms with Crippen LogP contribution in [-0.2, 0) is 9.47 Å². The number of carboxylic acid groups (broad SMARTS) is 1. The number of aromatic nitrogens is 2. The van der Waals surface area contributed by atoms with E-state index in [9.17, 15) is 9.90 Å². The smallest absolute Gasteiger partial charge is 0.341 e. The first-order valence-corrected chi connectivity index (χ1v) is 7.93. The lowest BCUT2D eigenvalue weighted by molar-refractivity contribution is 0.0447. The van der Waals surface area contributed by atoms with Gasteiger partial charge in [0.05, 0.1) is 5.69 Å². The number of aromatic amines is 1. The van der Waals surface area contributed by atoms with Crippen LogP contribution in [0, 0.1) is 0 Å². The number of anilines is 2.